The van der Waals surface area contributed by atoms with Gasteiger partial charge in [0, 0.05) is 18.3 Å². The van der Waals surface area contributed by atoms with Gasteiger partial charge in [-0.2, -0.15) is 4.98 Å². The van der Waals surface area contributed by atoms with Gasteiger partial charge in [0.25, 0.3) is 0 Å². The number of carbonyl (C=O) groups excluding carboxylic acids is 1. The minimum atomic E-state index is -0.268. The standard InChI is InChI=1S/C14H21N3O3/c1-4-19-14(18)17-7-5-6-12(9-17)20-13-8-10(2)15-11(3)16-13/h8,12H,4-7,9H2,1-3H3. The lowest BCUT2D eigenvalue weighted by atomic mass is 10.1. The van der Waals surface area contributed by atoms with Crippen molar-refractivity contribution in [3.05, 3.63) is 17.6 Å². The number of hydrogen-bond donors (Lipinski definition) is 0. The smallest absolute Gasteiger partial charge is 0.409 e. The van der Waals surface area contributed by atoms with E-state index in [2.05, 4.69) is 9.97 Å². The van der Waals surface area contributed by atoms with Gasteiger partial charge in [0.05, 0.1) is 13.2 Å². The molecule has 1 aromatic heterocycles. The summed E-state index contributed by atoms with van der Waals surface area (Å²) in [6.07, 6.45) is 1.52. The van der Waals surface area contributed by atoms with Crippen molar-refractivity contribution in [3.8, 4) is 5.88 Å². The average Bonchev–Trinajstić information content (AvgIpc) is 2.38. The third-order valence-electron chi connectivity index (χ3n) is 3.13. The van der Waals surface area contributed by atoms with Crippen LogP contribution in [0.3, 0.4) is 0 Å². The van der Waals surface area contributed by atoms with Crippen molar-refractivity contribution in [2.24, 2.45) is 0 Å². The van der Waals surface area contributed by atoms with E-state index in [0.717, 1.165) is 25.1 Å². The molecule has 1 unspecified atom stereocenters. The summed E-state index contributed by atoms with van der Waals surface area (Å²) >= 11 is 0. The van der Waals surface area contributed by atoms with Crippen molar-refractivity contribution in [1.82, 2.24) is 14.9 Å². The maximum Gasteiger partial charge on any atom is 0.409 e. The molecule has 0 saturated carbocycles. The summed E-state index contributed by atoms with van der Waals surface area (Å²) in [7, 11) is 0. The Bertz CT molecular complexity index is 458. The van der Waals surface area contributed by atoms with Crippen LogP contribution in [0.2, 0.25) is 0 Å². The molecule has 2 rings (SSSR count). The van der Waals surface area contributed by atoms with Gasteiger partial charge in [-0.3, -0.25) is 0 Å². The lowest BCUT2D eigenvalue weighted by Crippen LogP contribution is -2.44. The maximum absolute atomic E-state index is 11.7. The molecule has 20 heavy (non-hydrogen) atoms. The van der Waals surface area contributed by atoms with E-state index in [4.69, 9.17) is 9.47 Å². The van der Waals surface area contributed by atoms with Crippen LogP contribution < -0.4 is 4.74 Å². The van der Waals surface area contributed by atoms with Crippen LogP contribution >= 0.6 is 0 Å². The summed E-state index contributed by atoms with van der Waals surface area (Å²) < 4.78 is 10.9. The van der Waals surface area contributed by atoms with Crippen LogP contribution in [-0.2, 0) is 4.74 Å². The second kappa shape index (κ2) is 6.54. The number of rotatable bonds is 3. The Morgan fingerprint density at radius 3 is 2.95 bits per heavy atom. The number of carbonyl (C=O) groups is 1. The van der Waals surface area contributed by atoms with Crippen LogP contribution in [0.4, 0.5) is 4.79 Å². The number of amides is 1. The van der Waals surface area contributed by atoms with E-state index in [1.54, 1.807) is 4.90 Å². The van der Waals surface area contributed by atoms with E-state index < -0.39 is 0 Å². The molecule has 1 atom stereocenters. The van der Waals surface area contributed by atoms with Gasteiger partial charge in [-0.25, -0.2) is 9.78 Å². The summed E-state index contributed by atoms with van der Waals surface area (Å²) in [4.78, 5) is 21.9. The van der Waals surface area contributed by atoms with E-state index in [-0.39, 0.29) is 12.2 Å². The van der Waals surface area contributed by atoms with Gasteiger partial charge in [0.15, 0.2) is 0 Å². The highest BCUT2D eigenvalue weighted by atomic mass is 16.6. The average molecular weight is 279 g/mol. The first-order valence-electron chi connectivity index (χ1n) is 6.99. The van der Waals surface area contributed by atoms with Crippen molar-refractivity contribution >= 4 is 6.09 Å². The molecule has 1 aliphatic heterocycles. The van der Waals surface area contributed by atoms with Crippen LogP contribution in [0.1, 0.15) is 31.3 Å². The molecule has 1 fully saturated rings. The third kappa shape index (κ3) is 3.82. The fraction of sp³-hybridized carbons (Fsp3) is 0.643. The van der Waals surface area contributed by atoms with Gasteiger partial charge in [0.2, 0.25) is 5.88 Å². The van der Waals surface area contributed by atoms with Crippen molar-refractivity contribution in [3.63, 3.8) is 0 Å². The van der Waals surface area contributed by atoms with Crippen LogP contribution in [0, 0.1) is 13.8 Å². The zero-order valence-electron chi connectivity index (χ0n) is 12.3. The minimum absolute atomic E-state index is 0.0399. The van der Waals surface area contributed by atoms with Crippen LogP contribution in [0.25, 0.3) is 0 Å². The first-order valence-corrected chi connectivity index (χ1v) is 6.99. The molecule has 0 bridgehead atoms. The molecule has 1 saturated heterocycles. The number of likely N-dealkylation sites (tertiary alicyclic amines) is 1. The Labute approximate surface area is 119 Å². The maximum atomic E-state index is 11.7. The fourth-order valence-electron chi connectivity index (χ4n) is 2.33. The second-order valence-electron chi connectivity index (χ2n) is 4.92. The topological polar surface area (TPSA) is 64.5 Å². The Hall–Kier alpha value is -1.85. The highest BCUT2D eigenvalue weighted by Gasteiger charge is 2.26. The molecule has 1 amide bonds. The van der Waals surface area contributed by atoms with Gasteiger partial charge in [-0.15, -0.1) is 0 Å². The number of nitrogens with zero attached hydrogens (tertiary/aromatic N) is 3. The van der Waals surface area contributed by atoms with Gasteiger partial charge in [0.1, 0.15) is 11.9 Å². The highest BCUT2D eigenvalue weighted by molar-refractivity contribution is 5.67. The Kier molecular flexibility index (Phi) is 4.76. The van der Waals surface area contributed by atoms with E-state index in [0.29, 0.717) is 24.9 Å². The van der Waals surface area contributed by atoms with Crippen LogP contribution in [0.15, 0.2) is 6.07 Å². The molecule has 0 aliphatic carbocycles. The molecule has 0 aromatic carbocycles. The Morgan fingerprint density at radius 2 is 2.25 bits per heavy atom. The predicted octanol–water partition coefficient (Wildman–Crippen LogP) is 2.09. The third-order valence-corrected chi connectivity index (χ3v) is 3.13. The molecule has 1 aromatic rings. The minimum Gasteiger partial charge on any atom is -0.472 e. The SMILES string of the molecule is CCOC(=O)N1CCCC(Oc2cc(C)nc(C)n2)C1. The number of piperidine rings is 1. The van der Waals surface area contributed by atoms with E-state index >= 15 is 0 Å². The molecular weight excluding hydrogens is 258 g/mol. The van der Waals surface area contributed by atoms with Gasteiger partial charge < -0.3 is 14.4 Å². The highest BCUT2D eigenvalue weighted by Crippen LogP contribution is 2.18. The van der Waals surface area contributed by atoms with Crippen molar-refractivity contribution in [2.75, 3.05) is 19.7 Å². The second-order valence-corrected chi connectivity index (χ2v) is 4.92. The van der Waals surface area contributed by atoms with Gasteiger partial charge in [-0.05, 0) is 33.6 Å². The van der Waals surface area contributed by atoms with Gasteiger partial charge >= 0.3 is 6.09 Å². The molecule has 0 radical (unpaired) electrons. The van der Waals surface area contributed by atoms with E-state index in [9.17, 15) is 4.79 Å². The van der Waals surface area contributed by atoms with Gasteiger partial charge in [-0.1, -0.05) is 0 Å². The largest absolute Gasteiger partial charge is 0.472 e. The van der Waals surface area contributed by atoms with E-state index in [1.165, 1.54) is 0 Å². The fourth-order valence-corrected chi connectivity index (χ4v) is 2.33. The normalized spacial score (nSPS) is 18.8. The number of ether oxygens (including phenoxy) is 2. The zero-order valence-corrected chi connectivity index (χ0v) is 12.3. The molecule has 110 valence electrons. The quantitative estimate of drug-likeness (QED) is 0.847. The Balaban J connectivity index is 1.97. The van der Waals surface area contributed by atoms with Crippen molar-refractivity contribution in [1.29, 1.82) is 0 Å². The van der Waals surface area contributed by atoms with Crippen LogP contribution in [0.5, 0.6) is 5.88 Å². The summed E-state index contributed by atoms with van der Waals surface area (Å²) in [5, 5.41) is 0. The lowest BCUT2D eigenvalue weighted by molar-refractivity contribution is 0.0593. The Morgan fingerprint density at radius 1 is 1.45 bits per heavy atom. The molecule has 6 heteroatoms. The lowest BCUT2D eigenvalue weighted by Gasteiger charge is -2.31. The summed E-state index contributed by atoms with van der Waals surface area (Å²) in [5.74, 6) is 1.27. The van der Waals surface area contributed by atoms with E-state index in [1.807, 2.05) is 26.8 Å². The number of hydrogen-bond acceptors (Lipinski definition) is 5. The predicted molar refractivity (Wildman–Crippen MR) is 73.8 cm³/mol. The summed E-state index contributed by atoms with van der Waals surface area (Å²) in [6, 6.07) is 1.82. The summed E-state index contributed by atoms with van der Waals surface area (Å²) in [5.41, 5.74) is 0.880. The number of aromatic nitrogens is 2. The molecule has 6 nitrogen and oxygen atoms in total. The number of aryl methyl sites for hydroxylation is 2. The first-order chi connectivity index (χ1) is 9.58. The molecular formula is C14H21N3O3. The first kappa shape index (κ1) is 14.6. The molecule has 0 N–H and O–H groups in total. The molecule has 2 heterocycles. The van der Waals surface area contributed by atoms with Crippen molar-refractivity contribution < 1.29 is 14.3 Å². The monoisotopic (exact) mass is 279 g/mol. The van der Waals surface area contributed by atoms with Crippen molar-refractivity contribution in [2.45, 2.75) is 39.7 Å². The molecule has 1 aliphatic rings. The van der Waals surface area contributed by atoms with Crippen LogP contribution in [-0.4, -0.2) is 46.8 Å². The molecule has 0 spiro atoms. The zero-order chi connectivity index (χ0) is 14.5. The summed E-state index contributed by atoms with van der Waals surface area (Å²) in [6.45, 7) is 7.22.